The van der Waals surface area contributed by atoms with Gasteiger partial charge in [0.1, 0.15) is 11.6 Å². The maximum atomic E-state index is 13.6. The van der Waals surface area contributed by atoms with Crippen LogP contribution in [0.15, 0.2) is 41.3 Å². The summed E-state index contributed by atoms with van der Waals surface area (Å²) < 4.78 is 27.1. The fraction of sp³-hybridized carbons (Fsp3) is 0.235. The number of fused-ring (bicyclic) bond motifs is 1. The fourth-order valence-electron chi connectivity index (χ4n) is 2.51. The van der Waals surface area contributed by atoms with Crippen molar-refractivity contribution in [1.29, 1.82) is 0 Å². The second-order valence-corrected chi connectivity index (χ2v) is 6.98. The van der Waals surface area contributed by atoms with Crippen LogP contribution in [-0.4, -0.2) is 10.9 Å². The second kappa shape index (κ2) is 6.84. The average Bonchev–Trinajstić information content (AvgIpc) is 2.51. The van der Waals surface area contributed by atoms with E-state index in [1.165, 1.54) is 12.1 Å². The Balaban J connectivity index is 1.71. The summed E-state index contributed by atoms with van der Waals surface area (Å²) in [5.74, 6) is 0.412. The van der Waals surface area contributed by atoms with Crippen LogP contribution in [0.5, 0.6) is 0 Å². The molecular formula is C17H16F2N2S2. The summed E-state index contributed by atoms with van der Waals surface area (Å²) in [6.07, 6.45) is 0.852. The molecule has 23 heavy (non-hydrogen) atoms. The minimum absolute atomic E-state index is 0.0442. The number of hydrogen-bond acceptors (Lipinski definition) is 2. The van der Waals surface area contributed by atoms with Crippen molar-refractivity contribution in [3.8, 4) is 0 Å². The van der Waals surface area contributed by atoms with Crippen LogP contribution < -0.4 is 10.6 Å². The van der Waals surface area contributed by atoms with E-state index in [1.54, 1.807) is 43.0 Å². The Labute approximate surface area is 143 Å². The molecule has 0 aliphatic carbocycles. The zero-order valence-electron chi connectivity index (χ0n) is 12.5. The lowest BCUT2D eigenvalue weighted by atomic mass is 10.0. The van der Waals surface area contributed by atoms with Gasteiger partial charge >= 0.3 is 0 Å². The molecule has 6 heteroatoms. The first kappa shape index (κ1) is 16.2. The topological polar surface area (TPSA) is 24.1 Å². The smallest absolute Gasteiger partial charge is 0.171 e. The maximum Gasteiger partial charge on any atom is 0.171 e. The molecule has 1 aliphatic heterocycles. The second-order valence-electron chi connectivity index (χ2n) is 5.43. The third kappa shape index (κ3) is 3.82. The largest absolute Gasteiger partial charge is 0.356 e. The van der Waals surface area contributed by atoms with E-state index in [0.29, 0.717) is 16.4 Å². The predicted octanol–water partition coefficient (Wildman–Crippen LogP) is 4.80. The number of nitrogens with one attached hydrogen (secondary N) is 2. The van der Waals surface area contributed by atoms with Crippen molar-refractivity contribution in [1.82, 2.24) is 5.32 Å². The van der Waals surface area contributed by atoms with Crippen LogP contribution in [0, 0.1) is 18.6 Å². The van der Waals surface area contributed by atoms with Crippen LogP contribution in [-0.2, 0) is 0 Å². The number of hydrogen-bond donors (Lipinski definition) is 2. The van der Waals surface area contributed by atoms with Gasteiger partial charge in [-0.15, -0.1) is 11.8 Å². The highest BCUT2D eigenvalue weighted by atomic mass is 32.2. The van der Waals surface area contributed by atoms with Crippen molar-refractivity contribution < 1.29 is 8.78 Å². The first-order chi connectivity index (χ1) is 11.0. The molecule has 0 saturated carbocycles. The zero-order chi connectivity index (χ0) is 16.4. The van der Waals surface area contributed by atoms with Gasteiger partial charge in [0.2, 0.25) is 0 Å². The Bertz CT molecular complexity index is 749. The minimum atomic E-state index is -0.278. The number of benzene rings is 2. The van der Waals surface area contributed by atoms with E-state index < -0.39 is 0 Å². The van der Waals surface area contributed by atoms with Crippen LogP contribution in [0.3, 0.4) is 0 Å². The Hall–Kier alpha value is -1.66. The Morgan fingerprint density at radius 2 is 2.04 bits per heavy atom. The van der Waals surface area contributed by atoms with E-state index in [4.69, 9.17) is 12.2 Å². The van der Waals surface area contributed by atoms with E-state index in [1.807, 2.05) is 0 Å². The number of aryl methyl sites for hydroxylation is 1. The van der Waals surface area contributed by atoms with Crippen molar-refractivity contribution in [3.05, 3.63) is 59.2 Å². The Morgan fingerprint density at radius 3 is 2.83 bits per heavy atom. The summed E-state index contributed by atoms with van der Waals surface area (Å²) in [6.45, 7) is 1.71. The molecule has 2 aromatic carbocycles. The molecule has 0 bridgehead atoms. The molecule has 0 unspecified atom stereocenters. The SMILES string of the molecule is Cc1ccc(NC(=S)N[C@H]2CCSc3ccc(F)cc32)cc1F. The monoisotopic (exact) mass is 350 g/mol. The van der Waals surface area contributed by atoms with Crippen LogP contribution in [0.1, 0.15) is 23.6 Å². The summed E-state index contributed by atoms with van der Waals surface area (Å²) in [6, 6.07) is 9.66. The van der Waals surface area contributed by atoms with Gasteiger partial charge < -0.3 is 10.6 Å². The molecule has 0 fully saturated rings. The summed E-state index contributed by atoms with van der Waals surface area (Å²) in [7, 11) is 0. The molecule has 0 aromatic heterocycles. The highest BCUT2D eigenvalue weighted by molar-refractivity contribution is 7.99. The van der Waals surface area contributed by atoms with E-state index in [0.717, 1.165) is 22.6 Å². The maximum absolute atomic E-state index is 13.6. The van der Waals surface area contributed by atoms with Gasteiger partial charge in [0.25, 0.3) is 0 Å². The molecule has 0 spiro atoms. The normalized spacial score (nSPS) is 16.6. The van der Waals surface area contributed by atoms with E-state index in [9.17, 15) is 8.78 Å². The summed E-state index contributed by atoms with van der Waals surface area (Å²) in [4.78, 5) is 1.07. The summed E-state index contributed by atoms with van der Waals surface area (Å²) >= 11 is 7.03. The molecule has 2 N–H and O–H groups in total. The molecular weight excluding hydrogens is 334 g/mol. The zero-order valence-corrected chi connectivity index (χ0v) is 14.2. The molecule has 0 radical (unpaired) electrons. The van der Waals surface area contributed by atoms with Crippen LogP contribution in [0.2, 0.25) is 0 Å². The lowest BCUT2D eigenvalue weighted by Gasteiger charge is -2.27. The molecule has 2 nitrogen and oxygen atoms in total. The molecule has 0 amide bonds. The van der Waals surface area contributed by atoms with Crippen LogP contribution in [0.25, 0.3) is 0 Å². The van der Waals surface area contributed by atoms with E-state index >= 15 is 0 Å². The average molecular weight is 350 g/mol. The van der Waals surface area contributed by atoms with Crippen molar-refractivity contribution in [2.45, 2.75) is 24.3 Å². The van der Waals surface area contributed by atoms with Crippen LogP contribution >= 0.6 is 24.0 Å². The predicted molar refractivity (Wildman–Crippen MR) is 95.0 cm³/mol. The van der Waals surface area contributed by atoms with Gasteiger partial charge in [0.15, 0.2) is 5.11 Å². The first-order valence-electron chi connectivity index (χ1n) is 7.29. The van der Waals surface area contributed by atoms with Gasteiger partial charge in [0.05, 0.1) is 6.04 Å². The van der Waals surface area contributed by atoms with Gasteiger partial charge in [-0.05, 0) is 67.0 Å². The lowest BCUT2D eigenvalue weighted by molar-refractivity contribution is 0.587. The molecule has 1 heterocycles. The third-order valence-electron chi connectivity index (χ3n) is 3.75. The van der Waals surface area contributed by atoms with Gasteiger partial charge in [-0.25, -0.2) is 8.78 Å². The van der Waals surface area contributed by atoms with E-state index in [-0.39, 0.29) is 17.7 Å². The fourth-order valence-corrected chi connectivity index (χ4v) is 3.88. The van der Waals surface area contributed by atoms with Gasteiger partial charge in [-0.1, -0.05) is 6.07 Å². The number of anilines is 1. The Morgan fingerprint density at radius 1 is 1.22 bits per heavy atom. The van der Waals surface area contributed by atoms with E-state index in [2.05, 4.69) is 10.6 Å². The minimum Gasteiger partial charge on any atom is -0.356 e. The van der Waals surface area contributed by atoms with Crippen molar-refractivity contribution in [3.63, 3.8) is 0 Å². The van der Waals surface area contributed by atoms with Crippen LogP contribution in [0.4, 0.5) is 14.5 Å². The van der Waals surface area contributed by atoms with Crippen molar-refractivity contribution >= 4 is 34.8 Å². The lowest BCUT2D eigenvalue weighted by Crippen LogP contribution is -2.34. The number of thiocarbonyl (C=S) groups is 1. The molecule has 3 rings (SSSR count). The van der Waals surface area contributed by atoms with Gasteiger partial charge in [0, 0.05) is 16.3 Å². The quantitative estimate of drug-likeness (QED) is 0.760. The number of rotatable bonds is 2. The number of thioether (sulfide) groups is 1. The molecule has 0 saturated heterocycles. The summed E-state index contributed by atoms with van der Waals surface area (Å²) in [5.41, 5.74) is 2.10. The molecule has 1 aliphatic rings. The third-order valence-corrected chi connectivity index (χ3v) is 5.09. The first-order valence-corrected chi connectivity index (χ1v) is 8.68. The summed E-state index contributed by atoms with van der Waals surface area (Å²) in [5, 5.41) is 6.59. The molecule has 120 valence electrons. The van der Waals surface area contributed by atoms with Crippen molar-refractivity contribution in [2.24, 2.45) is 0 Å². The highest BCUT2D eigenvalue weighted by Crippen LogP contribution is 2.36. The van der Waals surface area contributed by atoms with Gasteiger partial charge in [-0.2, -0.15) is 0 Å². The highest BCUT2D eigenvalue weighted by Gasteiger charge is 2.22. The standard InChI is InChI=1S/C17H16F2N2S2/c1-10-2-4-12(9-14(10)19)20-17(22)21-15-6-7-23-16-5-3-11(18)8-13(15)16/h2-5,8-9,15H,6-7H2,1H3,(H2,20,21,22)/t15-/m0/s1. The molecule has 1 atom stereocenters. The number of halogens is 2. The molecule has 2 aromatic rings. The van der Waals surface area contributed by atoms with Gasteiger partial charge in [-0.3, -0.25) is 0 Å². The van der Waals surface area contributed by atoms with Crippen molar-refractivity contribution in [2.75, 3.05) is 11.1 Å². The Kier molecular flexibility index (Phi) is 4.82.